The molecular weight excluding hydrogens is 266 g/mol. The van der Waals surface area contributed by atoms with Gasteiger partial charge in [-0.15, -0.1) is 0 Å². The van der Waals surface area contributed by atoms with Crippen molar-refractivity contribution in [2.45, 2.75) is 38.3 Å². The molecule has 2 atom stereocenters. The number of hydrogen-bond donors (Lipinski definition) is 2. The lowest BCUT2D eigenvalue weighted by Crippen LogP contribution is -2.18. The van der Waals surface area contributed by atoms with Crippen LogP contribution in [0.3, 0.4) is 0 Å². The van der Waals surface area contributed by atoms with Crippen molar-refractivity contribution in [1.29, 1.82) is 0 Å². The standard InChI is InChI=1S/C16H19N3O2/c1-11(20)18-13-7-5-12(6-8-13)16-17-9-10-19(16)14-3-2-4-15(14)21/h5-10,14-15,21H,2-4H2,1H3,(H,18,20)/t14-,15-/m0/s1. The molecule has 21 heavy (non-hydrogen) atoms. The summed E-state index contributed by atoms with van der Waals surface area (Å²) in [6.45, 7) is 1.49. The molecule has 0 bridgehead atoms. The van der Waals surface area contributed by atoms with E-state index in [4.69, 9.17) is 0 Å². The molecule has 0 aliphatic heterocycles. The summed E-state index contributed by atoms with van der Waals surface area (Å²) in [6.07, 6.45) is 6.28. The van der Waals surface area contributed by atoms with E-state index in [-0.39, 0.29) is 18.1 Å². The number of aliphatic hydroxyl groups excluding tert-OH is 1. The van der Waals surface area contributed by atoms with Gasteiger partial charge in [0.25, 0.3) is 0 Å². The minimum Gasteiger partial charge on any atom is -0.391 e. The maximum Gasteiger partial charge on any atom is 0.221 e. The van der Waals surface area contributed by atoms with Crippen molar-refractivity contribution in [3.63, 3.8) is 0 Å². The molecule has 3 rings (SSSR count). The van der Waals surface area contributed by atoms with Crippen molar-refractivity contribution in [3.8, 4) is 11.4 Å². The zero-order valence-electron chi connectivity index (χ0n) is 12.0. The smallest absolute Gasteiger partial charge is 0.221 e. The second kappa shape index (κ2) is 5.69. The molecule has 110 valence electrons. The van der Waals surface area contributed by atoms with E-state index >= 15 is 0 Å². The normalized spacial score (nSPS) is 21.4. The summed E-state index contributed by atoms with van der Waals surface area (Å²) in [7, 11) is 0. The molecule has 2 aromatic rings. The van der Waals surface area contributed by atoms with E-state index in [1.54, 1.807) is 6.20 Å². The van der Waals surface area contributed by atoms with Crippen molar-refractivity contribution in [1.82, 2.24) is 9.55 Å². The molecule has 2 N–H and O–H groups in total. The number of nitrogens with one attached hydrogen (secondary N) is 1. The highest BCUT2D eigenvalue weighted by Gasteiger charge is 2.28. The second-order valence-corrected chi connectivity index (χ2v) is 5.48. The monoisotopic (exact) mass is 285 g/mol. The number of nitrogens with zero attached hydrogens (tertiary/aromatic N) is 2. The quantitative estimate of drug-likeness (QED) is 0.911. The number of carbonyl (C=O) groups excluding carboxylic acids is 1. The van der Waals surface area contributed by atoms with E-state index in [0.29, 0.717) is 0 Å². The van der Waals surface area contributed by atoms with Crippen LogP contribution in [-0.2, 0) is 4.79 Å². The van der Waals surface area contributed by atoms with Gasteiger partial charge < -0.3 is 15.0 Å². The molecule has 1 aromatic heterocycles. The molecule has 1 aromatic carbocycles. The van der Waals surface area contributed by atoms with Gasteiger partial charge >= 0.3 is 0 Å². The van der Waals surface area contributed by atoms with Gasteiger partial charge in [-0.25, -0.2) is 4.98 Å². The van der Waals surface area contributed by atoms with Gasteiger partial charge in [-0.2, -0.15) is 0 Å². The summed E-state index contributed by atoms with van der Waals surface area (Å²) in [6, 6.07) is 7.70. The van der Waals surface area contributed by atoms with Crippen LogP contribution in [0.1, 0.15) is 32.2 Å². The predicted octanol–water partition coefficient (Wildman–Crippen LogP) is 2.59. The molecule has 5 heteroatoms. The molecule has 1 fully saturated rings. The third-order valence-corrected chi connectivity index (χ3v) is 3.93. The Labute approximate surface area is 123 Å². The summed E-state index contributed by atoms with van der Waals surface area (Å²) in [5.74, 6) is 0.772. The number of benzene rings is 1. The zero-order valence-corrected chi connectivity index (χ0v) is 12.0. The van der Waals surface area contributed by atoms with Crippen LogP contribution in [0.4, 0.5) is 5.69 Å². The maximum atomic E-state index is 11.0. The number of carbonyl (C=O) groups is 1. The van der Waals surface area contributed by atoms with Crippen molar-refractivity contribution in [2.75, 3.05) is 5.32 Å². The average molecular weight is 285 g/mol. The number of rotatable bonds is 3. The SMILES string of the molecule is CC(=O)Nc1ccc(-c2nccn2[C@H]2CCC[C@@H]2O)cc1. The molecule has 1 saturated carbocycles. The Morgan fingerprint density at radius 1 is 1.33 bits per heavy atom. The van der Waals surface area contributed by atoms with Gasteiger partial charge in [0.1, 0.15) is 5.82 Å². The van der Waals surface area contributed by atoms with Gasteiger partial charge in [0.15, 0.2) is 0 Å². The van der Waals surface area contributed by atoms with Crippen LogP contribution in [0.2, 0.25) is 0 Å². The fraction of sp³-hybridized carbons (Fsp3) is 0.375. The first kappa shape index (κ1) is 13.8. The lowest BCUT2D eigenvalue weighted by molar-refractivity contribution is -0.114. The summed E-state index contributed by atoms with van der Waals surface area (Å²) in [5, 5.41) is 12.8. The molecule has 0 unspecified atom stereocenters. The van der Waals surface area contributed by atoms with Crippen LogP contribution < -0.4 is 5.32 Å². The fourth-order valence-electron chi connectivity index (χ4n) is 2.96. The van der Waals surface area contributed by atoms with Gasteiger partial charge in [-0.1, -0.05) is 0 Å². The number of aromatic nitrogens is 2. The molecule has 0 radical (unpaired) electrons. The lowest BCUT2D eigenvalue weighted by Gasteiger charge is -2.19. The predicted molar refractivity (Wildman–Crippen MR) is 80.9 cm³/mol. The second-order valence-electron chi connectivity index (χ2n) is 5.48. The Balaban J connectivity index is 1.87. The minimum atomic E-state index is -0.295. The van der Waals surface area contributed by atoms with Crippen LogP contribution >= 0.6 is 0 Å². The van der Waals surface area contributed by atoms with E-state index < -0.39 is 0 Å². The molecule has 1 aliphatic carbocycles. The summed E-state index contributed by atoms with van der Waals surface area (Å²) < 4.78 is 2.06. The van der Waals surface area contributed by atoms with Gasteiger partial charge in [0.2, 0.25) is 5.91 Å². The Morgan fingerprint density at radius 3 is 2.71 bits per heavy atom. The Morgan fingerprint density at radius 2 is 2.10 bits per heavy atom. The highest BCUT2D eigenvalue weighted by atomic mass is 16.3. The molecule has 0 spiro atoms. The summed E-state index contributed by atoms with van der Waals surface area (Å²) in [5.41, 5.74) is 1.75. The number of aliphatic hydroxyl groups is 1. The summed E-state index contributed by atoms with van der Waals surface area (Å²) >= 11 is 0. The third-order valence-electron chi connectivity index (χ3n) is 3.93. The van der Waals surface area contributed by atoms with Gasteiger partial charge in [0, 0.05) is 30.6 Å². The first-order chi connectivity index (χ1) is 10.1. The van der Waals surface area contributed by atoms with Crippen molar-refractivity contribution >= 4 is 11.6 Å². The molecule has 1 aliphatic rings. The maximum absolute atomic E-state index is 11.0. The molecular formula is C16H19N3O2. The first-order valence-corrected chi connectivity index (χ1v) is 7.24. The molecule has 5 nitrogen and oxygen atoms in total. The highest BCUT2D eigenvalue weighted by molar-refractivity contribution is 5.88. The van der Waals surface area contributed by atoms with E-state index in [0.717, 1.165) is 36.3 Å². The fourth-order valence-corrected chi connectivity index (χ4v) is 2.96. The first-order valence-electron chi connectivity index (χ1n) is 7.24. The van der Waals surface area contributed by atoms with Crippen LogP contribution in [-0.4, -0.2) is 26.7 Å². The number of anilines is 1. The molecule has 0 saturated heterocycles. The summed E-state index contributed by atoms with van der Waals surface area (Å²) in [4.78, 5) is 15.5. The largest absolute Gasteiger partial charge is 0.391 e. The van der Waals surface area contributed by atoms with E-state index in [1.807, 2.05) is 30.5 Å². The van der Waals surface area contributed by atoms with Crippen LogP contribution in [0.5, 0.6) is 0 Å². The van der Waals surface area contributed by atoms with E-state index in [1.165, 1.54) is 6.92 Å². The number of amides is 1. The third kappa shape index (κ3) is 2.83. The van der Waals surface area contributed by atoms with Crippen LogP contribution in [0.25, 0.3) is 11.4 Å². The number of imidazole rings is 1. The van der Waals surface area contributed by atoms with Crippen molar-refractivity contribution in [2.24, 2.45) is 0 Å². The van der Waals surface area contributed by atoms with Gasteiger partial charge in [-0.05, 0) is 43.5 Å². The van der Waals surface area contributed by atoms with Gasteiger partial charge in [-0.3, -0.25) is 4.79 Å². The van der Waals surface area contributed by atoms with Gasteiger partial charge in [0.05, 0.1) is 12.1 Å². The van der Waals surface area contributed by atoms with Crippen molar-refractivity contribution in [3.05, 3.63) is 36.7 Å². The van der Waals surface area contributed by atoms with E-state index in [9.17, 15) is 9.90 Å². The Hall–Kier alpha value is -2.14. The van der Waals surface area contributed by atoms with Crippen molar-refractivity contribution < 1.29 is 9.90 Å². The molecule has 1 amide bonds. The molecule has 1 heterocycles. The Kier molecular flexibility index (Phi) is 3.75. The number of hydrogen-bond acceptors (Lipinski definition) is 3. The minimum absolute atomic E-state index is 0.0849. The van der Waals surface area contributed by atoms with Crippen LogP contribution in [0.15, 0.2) is 36.7 Å². The van der Waals surface area contributed by atoms with E-state index in [2.05, 4.69) is 14.9 Å². The average Bonchev–Trinajstić information content (AvgIpc) is 3.07. The highest BCUT2D eigenvalue weighted by Crippen LogP contribution is 2.33. The lowest BCUT2D eigenvalue weighted by atomic mass is 10.1. The van der Waals surface area contributed by atoms with Crippen LogP contribution in [0, 0.1) is 0 Å². The zero-order chi connectivity index (χ0) is 14.8. The topological polar surface area (TPSA) is 67.2 Å². The Bertz CT molecular complexity index is 633.